The van der Waals surface area contributed by atoms with Crippen LogP contribution in [0.15, 0.2) is 12.5 Å². The van der Waals surface area contributed by atoms with Gasteiger partial charge in [-0.25, -0.2) is 9.78 Å². The lowest BCUT2D eigenvalue weighted by atomic mass is 10.1. The number of nitrogens with two attached hydrogens (primary N) is 3. The van der Waals surface area contributed by atoms with E-state index in [0.29, 0.717) is 5.69 Å². The summed E-state index contributed by atoms with van der Waals surface area (Å²) in [5.74, 6) is -5.91. The molecule has 12 N–H and O–H groups in total. The maximum absolute atomic E-state index is 12.9. The SMILES string of the molecule is NC(=O)CCC(NC(=O)C(N)CC(N)=O)C(=O)NC(Cc1cnc[nH]1)C(=O)NC(CO)C(=O)O. The molecule has 16 heteroatoms. The second-order valence-corrected chi connectivity index (χ2v) is 7.27. The highest BCUT2D eigenvalue weighted by atomic mass is 16.4. The molecule has 0 saturated heterocycles. The number of imidazole rings is 1. The van der Waals surface area contributed by atoms with Gasteiger partial charge in [-0.15, -0.1) is 0 Å². The van der Waals surface area contributed by atoms with Crippen LogP contribution >= 0.6 is 0 Å². The Hall–Kier alpha value is -4.05. The van der Waals surface area contributed by atoms with E-state index in [1.165, 1.54) is 12.5 Å². The summed E-state index contributed by atoms with van der Waals surface area (Å²) in [5.41, 5.74) is 16.1. The Morgan fingerprint density at radius 3 is 2.03 bits per heavy atom. The monoisotopic (exact) mass is 484 g/mol. The molecule has 0 saturated carbocycles. The molecule has 0 aliphatic heterocycles. The van der Waals surface area contributed by atoms with Crippen molar-refractivity contribution in [3.8, 4) is 0 Å². The van der Waals surface area contributed by atoms with Crippen LogP contribution in [0.2, 0.25) is 0 Å². The van der Waals surface area contributed by atoms with Crippen molar-refractivity contribution in [3.63, 3.8) is 0 Å². The number of carbonyl (C=O) groups excluding carboxylic acids is 5. The molecule has 5 amide bonds. The first-order chi connectivity index (χ1) is 15.9. The summed E-state index contributed by atoms with van der Waals surface area (Å²) >= 11 is 0. The van der Waals surface area contributed by atoms with Crippen LogP contribution < -0.4 is 33.2 Å². The van der Waals surface area contributed by atoms with E-state index < -0.39 is 72.7 Å². The standard InChI is InChI=1S/C18H28N8O8/c19-9(4-14(21)29)15(30)24-10(1-2-13(20)28)16(31)25-11(3-8-5-22-7-23-8)17(32)26-12(6-27)18(33)34/h5,7,9-12,27H,1-4,6,19H2,(H2,20,28)(H2,21,29)(H,22,23)(H,24,30)(H,25,31)(H,26,32)(H,33,34). The van der Waals surface area contributed by atoms with Crippen LogP contribution in [0.25, 0.3) is 0 Å². The normalized spacial score (nSPS) is 14.2. The number of hydrogen-bond donors (Lipinski definition) is 9. The van der Waals surface area contributed by atoms with Crippen LogP contribution in [-0.2, 0) is 35.2 Å². The average Bonchev–Trinajstić information content (AvgIpc) is 3.26. The number of primary amides is 2. The van der Waals surface area contributed by atoms with E-state index in [-0.39, 0.29) is 19.3 Å². The smallest absolute Gasteiger partial charge is 0.328 e. The van der Waals surface area contributed by atoms with Crippen molar-refractivity contribution in [2.75, 3.05) is 6.61 Å². The number of nitrogens with one attached hydrogen (secondary N) is 4. The van der Waals surface area contributed by atoms with Crippen molar-refractivity contribution < 1.29 is 39.0 Å². The molecule has 1 aromatic heterocycles. The molecule has 0 spiro atoms. The van der Waals surface area contributed by atoms with Crippen LogP contribution in [0.1, 0.15) is 25.0 Å². The summed E-state index contributed by atoms with van der Waals surface area (Å²) in [6.07, 6.45) is 1.44. The van der Waals surface area contributed by atoms with Gasteiger partial charge in [0.05, 0.1) is 25.4 Å². The van der Waals surface area contributed by atoms with Gasteiger partial charge >= 0.3 is 5.97 Å². The molecule has 1 aromatic rings. The molecular weight excluding hydrogens is 456 g/mol. The van der Waals surface area contributed by atoms with E-state index in [0.717, 1.165) is 0 Å². The molecule has 4 unspecified atom stereocenters. The number of aliphatic hydroxyl groups excluding tert-OH is 1. The third-order valence-corrected chi connectivity index (χ3v) is 4.48. The van der Waals surface area contributed by atoms with Crippen molar-refractivity contribution in [2.45, 2.75) is 49.9 Å². The summed E-state index contributed by atoms with van der Waals surface area (Å²) in [6.45, 7) is -0.902. The number of aliphatic carboxylic acids is 1. The molecule has 0 radical (unpaired) electrons. The highest BCUT2D eigenvalue weighted by Gasteiger charge is 2.31. The maximum Gasteiger partial charge on any atom is 0.328 e. The highest BCUT2D eigenvalue weighted by molar-refractivity contribution is 5.95. The fourth-order valence-corrected chi connectivity index (χ4v) is 2.70. The Labute approximate surface area is 193 Å². The average molecular weight is 484 g/mol. The van der Waals surface area contributed by atoms with Crippen LogP contribution in [0.4, 0.5) is 0 Å². The predicted octanol–water partition coefficient (Wildman–Crippen LogP) is -5.05. The first kappa shape index (κ1) is 28.0. The number of aliphatic hydroxyl groups is 1. The maximum atomic E-state index is 12.9. The summed E-state index contributed by atoms with van der Waals surface area (Å²) in [4.78, 5) is 77.6. The second kappa shape index (κ2) is 13.5. The van der Waals surface area contributed by atoms with E-state index in [1.54, 1.807) is 0 Å². The van der Waals surface area contributed by atoms with Crippen molar-refractivity contribution in [3.05, 3.63) is 18.2 Å². The molecule has 0 aliphatic carbocycles. The second-order valence-electron chi connectivity index (χ2n) is 7.27. The van der Waals surface area contributed by atoms with E-state index in [1.807, 2.05) is 0 Å². The number of carboxylic acid groups (broad SMARTS) is 1. The summed E-state index contributed by atoms with van der Waals surface area (Å²) in [5, 5.41) is 24.9. The molecule has 0 aliphatic rings. The molecule has 4 atom stereocenters. The van der Waals surface area contributed by atoms with Crippen LogP contribution in [0.3, 0.4) is 0 Å². The first-order valence-electron chi connectivity index (χ1n) is 9.98. The quantitative estimate of drug-likeness (QED) is 0.114. The van der Waals surface area contributed by atoms with Crippen LogP contribution in [0.5, 0.6) is 0 Å². The number of carbonyl (C=O) groups is 6. The van der Waals surface area contributed by atoms with E-state index in [2.05, 4.69) is 25.9 Å². The zero-order valence-electron chi connectivity index (χ0n) is 18.0. The minimum atomic E-state index is -1.63. The highest BCUT2D eigenvalue weighted by Crippen LogP contribution is 2.04. The first-order valence-corrected chi connectivity index (χ1v) is 9.98. The Balaban J connectivity index is 3.05. The zero-order chi connectivity index (χ0) is 25.8. The van der Waals surface area contributed by atoms with Crippen molar-refractivity contribution in [1.82, 2.24) is 25.9 Å². The lowest BCUT2D eigenvalue weighted by molar-refractivity contribution is -0.143. The van der Waals surface area contributed by atoms with Gasteiger partial charge in [-0.3, -0.25) is 24.0 Å². The Morgan fingerprint density at radius 1 is 0.941 bits per heavy atom. The van der Waals surface area contributed by atoms with Gasteiger partial charge in [-0.05, 0) is 6.42 Å². The minimum Gasteiger partial charge on any atom is -0.480 e. The Morgan fingerprint density at radius 2 is 1.53 bits per heavy atom. The number of nitrogens with zero attached hydrogens (tertiary/aromatic N) is 1. The number of aromatic amines is 1. The van der Waals surface area contributed by atoms with Gasteiger partial charge in [0, 0.05) is 24.7 Å². The molecule has 16 nitrogen and oxygen atoms in total. The third-order valence-electron chi connectivity index (χ3n) is 4.48. The number of carboxylic acids is 1. The summed E-state index contributed by atoms with van der Waals surface area (Å²) in [7, 11) is 0. The van der Waals surface area contributed by atoms with Crippen molar-refractivity contribution in [1.29, 1.82) is 0 Å². The van der Waals surface area contributed by atoms with E-state index in [4.69, 9.17) is 27.4 Å². The van der Waals surface area contributed by atoms with Crippen molar-refractivity contribution in [2.24, 2.45) is 17.2 Å². The predicted molar refractivity (Wildman–Crippen MR) is 113 cm³/mol. The van der Waals surface area contributed by atoms with Gasteiger partial charge in [-0.1, -0.05) is 0 Å². The van der Waals surface area contributed by atoms with Crippen molar-refractivity contribution >= 4 is 35.5 Å². The largest absolute Gasteiger partial charge is 0.480 e. The van der Waals surface area contributed by atoms with E-state index in [9.17, 15) is 28.8 Å². The van der Waals surface area contributed by atoms with Gasteiger partial charge < -0.3 is 48.3 Å². The molecule has 188 valence electrons. The number of rotatable bonds is 15. The molecular formula is C18H28N8O8. The number of hydrogen-bond acceptors (Lipinski definition) is 9. The molecule has 1 heterocycles. The fraction of sp³-hybridized carbons (Fsp3) is 0.500. The molecule has 1 rings (SSSR count). The number of aromatic nitrogens is 2. The third kappa shape index (κ3) is 9.61. The molecule has 0 aromatic carbocycles. The lowest BCUT2D eigenvalue weighted by Gasteiger charge is -2.24. The minimum absolute atomic E-state index is 0.160. The zero-order valence-corrected chi connectivity index (χ0v) is 18.0. The van der Waals surface area contributed by atoms with Crippen LogP contribution in [0, 0.1) is 0 Å². The summed E-state index contributed by atoms with van der Waals surface area (Å²) < 4.78 is 0. The molecule has 0 bridgehead atoms. The summed E-state index contributed by atoms with van der Waals surface area (Å²) in [6, 6.07) is -5.75. The molecule has 34 heavy (non-hydrogen) atoms. The van der Waals surface area contributed by atoms with Gasteiger partial charge in [0.25, 0.3) is 0 Å². The fourth-order valence-electron chi connectivity index (χ4n) is 2.70. The topological polar surface area (TPSA) is 286 Å². The van der Waals surface area contributed by atoms with Gasteiger partial charge in [0.15, 0.2) is 0 Å². The van der Waals surface area contributed by atoms with Gasteiger partial charge in [0.1, 0.15) is 18.1 Å². The lowest BCUT2D eigenvalue weighted by Crippen LogP contribution is -2.58. The molecule has 0 fully saturated rings. The Bertz CT molecular complexity index is 891. The van der Waals surface area contributed by atoms with Crippen LogP contribution in [-0.4, -0.2) is 86.5 Å². The number of H-pyrrole nitrogens is 1. The van der Waals surface area contributed by atoms with E-state index >= 15 is 0 Å². The van der Waals surface area contributed by atoms with Gasteiger partial charge in [0.2, 0.25) is 29.5 Å². The van der Waals surface area contributed by atoms with Gasteiger partial charge in [-0.2, -0.15) is 0 Å². The Kier molecular flexibility index (Phi) is 11.1. The number of amides is 5.